The first-order chi connectivity index (χ1) is 14.6. The van der Waals surface area contributed by atoms with Gasteiger partial charge in [-0.25, -0.2) is 9.59 Å². The first kappa shape index (κ1) is 24.4. The molecule has 0 saturated carbocycles. The molecule has 0 saturated heterocycles. The highest BCUT2D eigenvalue weighted by Crippen LogP contribution is 2.37. The number of carbonyl (C=O) groups excluding carboxylic acids is 2. The lowest BCUT2D eigenvalue weighted by molar-refractivity contribution is 0.0726. The van der Waals surface area contributed by atoms with Gasteiger partial charge in [0.05, 0.1) is 5.56 Å². The molecule has 0 fully saturated rings. The Hall–Kier alpha value is -2.82. The first-order valence-corrected chi connectivity index (χ1v) is 11.0. The molecule has 0 aliphatic heterocycles. The number of esters is 1. The van der Waals surface area contributed by atoms with Crippen molar-refractivity contribution in [2.75, 3.05) is 13.1 Å². The van der Waals surface area contributed by atoms with Gasteiger partial charge in [0, 0.05) is 13.1 Å². The zero-order valence-corrected chi connectivity index (χ0v) is 19.9. The highest BCUT2D eigenvalue weighted by atomic mass is 16.6. The molecular formula is C26H35NO4. The predicted molar refractivity (Wildman–Crippen MR) is 124 cm³/mol. The lowest BCUT2D eigenvalue weighted by Gasteiger charge is -2.24. The maximum atomic E-state index is 12.9. The number of nitrogens with zero attached hydrogens (tertiary/aromatic N) is 1. The Labute approximate surface area is 186 Å². The number of amides is 1. The van der Waals surface area contributed by atoms with Gasteiger partial charge in [-0.2, -0.15) is 0 Å². The summed E-state index contributed by atoms with van der Waals surface area (Å²) in [6.07, 6.45) is 1.55. The highest BCUT2D eigenvalue weighted by molar-refractivity contribution is 5.91. The van der Waals surface area contributed by atoms with Crippen LogP contribution in [0, 0.1) is 6.92 Å². The van der Waals surface area contributed by atoms with Gasteiger partial charge in [-0.3, -0.25) is 0 Å². The molecule has 1 amide bonds. The third-order valence-electron chi connectivity index (χ3n) is 5.25. The Balaban J connectivity index is 2.40. The van der Waals surface area contributed by atoms with Crippen LogP contribution in [0.4, 0.5) is 4.79 Å². The van der Waals surface area contributed by atoms with Crippen molar-refractivity contribution in [1.29, 1.82) is 0 Å². The average molecular weight is 426 g/mol. The molecule has 2 aromatic carbocycles. The van der Waals surface area contributed by atoms with Crippen molar-refractivity contribution in [3.05, 3.63) is 58.7 Å². The van der Waals surface area contributed by atoms with Gasteiger partial charge < -0.3 is 14.4 Å². The second-order valence-corrected chi connectivity index (χ2v) is 8.75. The van der Waals surface area contributed by atoms with Crippen molar-refractivity contribution >= 4 is 12.1 Å². The van der Waals surface area contributed by atoms with Gasteiger partial charge in [0.25, 0.3) is 0 Å². The van der Waals surface area contributed by atoms with Gasteiger partial charge in [-0.1, -0.05) is 52.3 Å². The van der Waals surface area contributed by atoms with Crippen LogP contribution in [0.25, 0.3) is 0 Å². The second kappa shape index (κ2) is 10.5. The molecule has 0 unspecified atom stereocenters. The van der Waals surface area contributed by atoms with Crippen LogP contribution in [-0.2, 0) is 11.8 Å². The summed E-state index contributed by atoms with van der Waals surface area (Å²) in [5, 5.41) is 0. The molecule has 0 radical (unpaired) electrons. The van der Waals surface area contributed by atoms with Gasteiger partial charge in [0.15, 0.2) is 11.5 Å². The fourth-order valence-corrected chi connectivity index (χ4v) is 3.27. The normalized spacial score (nSPS) is 11.2. The van der Waals surface area contributed by atoms with Gasteiger partial charge in [0.2, 0.25) is 0 Å². The maximum Gasteiger partial charge on any atom is 0.415 e. The van der Waals surface area contributed by atoms with Gasteiger partial charge in [0.1, 0.15) is 0 Å². The van der Waals surface area contributed by atoms with E-state index in [4.69, 9.17) is 9.47 Å². The quantitative estimate of drug-likeness (QED) is 0.385. The van der Waals surface area contributed by atoms with Crippen LogP contribution < -0.4 is 9.47 Å². The minimum Gasteiger partial charge on any atom is -0.419 e. The van der Waals surface area contributed by atoms with Crippen LogP contribution in [0.1, 0.15) is 75.0 Å². The lowest BCUT2D eigenvalue weighted by Crippen LogP contribution is -2.33. The molecule has 2 aromatic rings. The van der Waals surface area contributed by atoms with E-state index in [0.29, 0.717) is 18.7 Å². The summed E-state index contributed by atoms with van der Waals surface area (Å²) in [4.78, 5) is 27.0. The predicted octanol–water partition coefficient (Wildman–Crippen LogP) is 6.30. The average Bonchev–Trinajstić information content (AvgIpc) is 2.71. The smallest absolute Gasteiger partial charge is 0.415 e. The fraction of sp³-hybridized carbons (Fsp3) is 0.462. The van der Waals surface area contributed by atoms with Crippen molar-refractivity contribution in [1.82, 2.24) is 4.90 Å². The minimum atomic E-state index is -0.478. The van der Waals surface area contributed by atoms with Crippen molar-refractivity contribution < 1.29 is 19.1 Å². The Bertz CT molecular complexity index is 906. The summed E-state index contributed by atoms with van der Waals surface area (Å²) < 4.78 is 11.4. The van der Waals surface area contributed by atoms with E-state index >= 15 is 0 Å². The van der Waals surface area contributed by atoms with Crippen LogP contribution in [0.2, 0.25) is 0 Å². The van der Waals surface area contributed by atoms with E-state index in [9.17, 15) is 9.59 Å². The molecule has 168 valence electrons. The van der Waals surface area contributed by atoms with Gasteiger partial charge >= 0.3 is 12.1 Å². The van der Waals surface area contributed by atoms with Crippen molar-refractivity contribution in [2.24, 2.45) is 0 Å². The summed E-state index contributed by atoms with van der Waals surface area (Å²) in [5.74, 6) is 0.0579. The standard InChI is InChI=1S/C26H35NO4/c1-8-11-19-12-14-20(15-13-19)24(28)30-22-17-21(26(5,6)7)16-18(4)23(22)31-25(29)27(9-2)10-3/h12-17H,8-11H2,1-7H3. The van der Waals surface area contributed by atoms with Crippen LogP contribution in [0.3, 0.4) is 0 Å². The third kappa shape index (κ3) is 6.33. The molecule has 0 atom stereocenters. The van der Waals surface area contributed by atoms with E-state index in [1.54, 1.807) is 23.1 Å². The zero-order chi connectivity index (χ0) is 23.2. The fourth-order valence-electron chi connectivity index (χ4n) is 3.27. The summed E-state index contributed by atoms with van der Waals surface area (Å²) in [6.45, 7) is 15.1. The van der Waals surface area contributed by atoms with E-state index < -0.39 is 12.1 Å². The van der Waals surface area contributed by atoms with Crippen LogP contribution in [0.5, 0.6) is 11.5 Å². The topological polar surface area (TPSA) is 55.8 Å². The lowest BCUT2D eigenvalue weighted by atomic mass is 9.86. The number of hydrogen-bond acceptors (Lipinski definition) is 4. The Morgan fingerprint density at radius 1 is 0.935 bits per heavy atom. The Morgan fingerprint density at radius 2 is 1.55 bits per heavy atom. The molecule has 0 N–H and O–H groups in total. The van der Waals surface area contributed by atoms with E-state index in [0.717, 1.165) is 24.0 Å². The zero-order valence-electron chi connectivity index (χ0n) is 19.9. The summed E-state index contributed by atoms with van der Waals surface area (Å²) in [7, 11) is 0. The molecule has 0 aromatic heterocycles. The van der Waals surface area contributed by atoms with E-state index in [2.05, 4.69) is 27.7 Å². The molecule has 31 heavy (non-hydrogen) atoms. The second-order valence-electron chi connectivity index (χ2n) is 8.75. The highest BCUT2D eigenvalue weighted by Gasteiger charge is 2.24. The van der Waals surface area contributed by atoms with Crippen LogP contribution >= 0.6 is 0 Å². The molecule has 5 heteroatoms. The number of carbonyl (C=O) groups is 2. The number of aryl methyl sites for hydroxylation is 2. The molecule has 2 rings (SSSR count). The van der Waals surface area contributed by atoms with Crippen LogP contribution in [0.15, 0.2) is 36.4 Å². The Morgan fingerprint density at radius 3 is 2.06 bits per heavy atom. The Kier molecular flexibility index (Phi) is 8.26. The number of benzene rings is 2. The van der Waals surface area contributed by atoms with Crippen LogP contribution in [-0.4, -0.2) is 30.1 Å². The molecule has 0 bridgehead atoms. The summed E-state index contributed by atoms with van der Waals surface area (Å²) >= 11 is 0. The molecular weight excluding hydrogens is 390 g/mol. The first-order valence-electron chi connectivity index (χ1n) is 11.0. The maximum absolute atomic E-state index is 12.9. The molecule has 0 heterocycles. The largest absolute Gasteiger partial charge is 0.419 e. The van der Waals surface area contributed by atoms with Gasteiger partial charge in [-0.05, 0) is 67.5 Å². The number of rotatable bonds is 7. The van der Waals surface area contributed by atoms with E-state index in [1.165, 1.54) is 5.56 Å². The van der Waals surface area contributed by atoms with Crippen molar-refractivity contribution in [3.63, 3.8) is 0 Å². The molecule has 0 aliphatic carbocycles. The number of ether oxygens (including phenoxy) is 2. The SMILES string of the molecule is CCCc1ccc(C(=O)Oc2cc(C(C)(C)C)cc(C)c2OC(=O)N(CC)CC)cc1. The minimum absolute atomic E-state index is 0.158. The van der Waals surface area contributed by atoms with E-state index in [1.807, 2.05) is 39.0 Å². The third-order valence-corrected chi connectivity index (χ3v) is 5.25. The monoisotopic (exact) mass is 425 g/mol. The van der Waals surface area contributed by atoms with Crippen molar-refractivity contribution in [3.8, 4) is 11.5 Å². The van der Waals surface area contributed by atoms with E-state index in [-0.39, 0.29) is 16.9 Å². The van der Waals surface area contributed by atoms with Crippen molar-refractivity contribution in [2.45, 2.75) is 66.7 Å². The molecule has 0 spiro atoms. The number of hydrogen-bond donors (Lipinski definition) is 0. The molecule has 5 nitrogen and oxygen atoms in total. The van der Waals surface area contributed by atoms with Gasteiger partial charge in [-0.15, -0.1) is 0 Å². The summed E-state index contributed by atoms with van der Waals surface area (Å²) in [6, 6.07) is 11.2. The summed E-state index contributed by atoms with van der Waals surface area (Å²) in [5.41, 5.74) is 3.22. The molecule has 0 aliphatic rings.